The van der Waals surface area contributed by atoms with E-state index in [1.807, 2.05) is 24.3 Å². The van der Waals surface area contributed by atoms with Crippen molar-refractivity contribution in [2.24, 2.45) is 0 Å². The van der Waals surface area contributed by atoms with E-state index in [0.717, 1.165) is 6.07 Å². The maximum Gasteiger partial charge on any atom is 1.00 e. The zero-order chi connectivity index (χ0) is 33.7. The number of nitrogens with zero attached hydrogens (tertiary/aromatic N) is 2. The van der Waals surface area contributed by atoms with Crippen molar-refractivity contribution in [3.8, 4) is 0 Å². The summed E-state index contributed by atoms with van der Waals surface area (Å²) in [6.07, 6.45) is 0. The van der Waals surface area contributed by atoms with Crippen LogP contribution >= 0.6 is 36.1 Å². The van der Waals surface area contributed by atoms with Gasteiger partial charge in [-0.25, -0.2) is 8.42 Å². The van der Waals surface area contributed by atoms with Crippen LogP contribution in [-0.4, -0.2) is 23.2 Å². The van der Waals surface area contributed by atoms with Gasteiger partial charge in [0.25, 0.3) is 0 Å². The second-order valence-corrected chi connectivity index (χ2v) is 13.2. The molecule has 0 fully saturated rings. The summed E-state index contributed by atoms with van der Waals surface area (Å²) in [6.45, 7) is 0. The van der Waals surface area contributed by atoms with Gasteiger partial charge in [0, 0.05) is 36.8 Å². The number of anilines is 4. The number of hydrogen-bond acceptors (Lipinski definition) is 19. The van der Waals surface area contributed by atoms with Crippen LogP contribution in [0.15, 0.2) is 105 Å². The predicted molar refractivity (Wildman–Crippen MR) is 166 cm³/mol. The first kappa shape index (κ1) is 50.8. The van der Waals surface area contributed by atoms with E-state index in [-0.39, 0.29) is 210 Å². The topological polar surface area (TPSA) is 232 Å². The van der Waals surface area contributed by atoms with Gasteiger partial charge in [0.15, 0.2) is 11.6 Å². The van der Waals surface area contributed by atoms with Crippen LogP contribution in [-0.2, 0) is 38.2 Å². The van der Waals surface area contributed by atoms with Crippen molar-refractivity contribution in [3.63, 3.8) is 0 Å². The van der Waals surface area contributed by atoms with Crippen molar-refractivity contribution in [1.29, 1.82) is 0 Å². The fourth-order valence-corrected chi connectivity index (χ4v) is 7.03. The van der Waals surface area contributed by atoms with Crippen molar-refractivity contribution < 1.29 is 262 Å². The third-order valence-corrected chi connectivity index (χ3v) is 9.39. The van der Waals surface area contributed by atoms with Crippen molar-refractivity contribution in [2.45, 2.75) is 19.6 Å². The molecule has 0 aliphatic rings. The number of nitrogens with one attached hydrogen (secondary N) is 2. The van der Waals surface area contributed by atoms with Gasteiger partial charge in [-0.05, 0) is 70.1 Å². The molecular formula is C28H16K4N4O12S4. The van der Waals surface area contributed by atoms with Crippen LogP contribution in [0.1, 0.15) is 0 Å². The molecule has 1 aromatic heterocycles. The van der Waals surface area contributed by atoms with Gasteiger partial charge >= 0.3 is 206 Å². The molecule has 0 aliphatic carbocycles. The fraction of sp³-hybridized carbons (Fsp3) is 0. The van der Waals surface area contributed by atoms with Crippen LogP contribution in [0.4, 0.5) is 23.0 Å². The monoisotopic (exact) mass is 884 g/mol. The maximum atomic E-state index is 11.7. The molecule has 6 rings (SSSR count). The van der Waals surface area contributed by atoms with Gasteiger partial charge < -0.3 is 31.0 Å². The van der Waals surface area contributed by atoms with Crippen LogP contribution < -0.4 is 232 Å². The van der Waals surface area contributed by atoms with Crippen LogP contribution in [0, 0.1) is 0 Å². The molecule has 2 N–H and O–H groups in total. The molecule has 0 saturated carbocycles. The molecule has 1 heterocycles. The molecule has 5 aromatic carbocycles. The maximum absolute atomic E-state index is 11.7. The van der Waals surface area contributed by atoms with Gasteiger partial charge in [-0.15, -0.1) is 10.2 Å². The third kappa shape index (κ3) is 13.4. The van der Waals surface area contributed by atoms with Crippen molar-refractivity contribution in [1.82, 2.24) is 10.2 Å². The standard InChI is InChI=1S/C28H20N4O12S4.4K/c33-39-42-45-19-10-16-9-17(7-8-21(16)25(13-19)46-43-40-34)29-27-22-3-1-2-4-23(22)28(32-31-27)30-18-6-5-15-11-20(48(36,37)38)14-26(24(15)12-18)47-44-41-35;;;;/h1-14,33-35H,(H,29,31)(H,30,32)(H,36,37,38);;;;/q;4*+1/p-4. The molecule has 6 aromatic rings. The fourth-order valence-electron chi connectivity index (χ4n) is 4.81. The van der Waals surface area contributed by atoms with E-state index in [2.05, 4.69) is 48.9 Å². The zero-order valence-electron chi connectivity index (χ0n) is 27.5. The van der Waals surface area contributed by atoms with Gasteiger partial charge in [0.05, 0.1) is 41.0 Å². The molecule has 0 bridgehead atoms. The number of fused-ring (bicyclic) bond motifs is 3. The predicted octanol–water partition coefficient (Wildman–Crippen LogP) is -7.96. The summed E-state index contributed by atoms with van der Waals surface area (Å²) < 4.78 is 48.3. The largest absolute Gasteiger partial charge is 1.00 e. The first-order valence-corrected chi connectivity index (χ1v) is 16.7. The smallest absolute Gasteiger partial charge is 0.744 e. The van der Waals surface area contributed by atoms with E-state index in [0.29, 0.717) is 101 Å². The zero-order valence-corrected chi connectivity index (χ0v) is 43.3. The molecule has 0 saturated heterocycles. The van der Waals surface area contributed by atoms with Gasteiger partial charge in [-0.1, -0.05) is 36.4 Å². The van der Waals surface area contributed by atoms with Crippen LogP contribution in [0.5, 0.6) is 0 Å². The van der Waals surface area contributed by atoms with Crippen LogP contribution in [0.25, 0.3) is 32.3 Å². The summed E-state index contributed by atoms with van der Waals surface area (Å²) >= 11 is 1.81. The molecular weight excluding hydrogens is 869 g/mol. The van der Waals surface area contributed by atoms with Gasteiger partial charge in [0.2, 0.25) is 0 Å². The Balaban J connectivity index is 0.00000234. The second-order valence-electron chi connectivity index (χ2n) is 9.52. The van der Waals surface area contributed by atoms with Gasteiger partial charge in [-0.3, -0.25) is 15.1 Å². The first-order valence-electron chi connectivity index (χ1n) is 13.1. The molecule has 0 aliphatic heterocycles. The molecule has 0 radical (unpaired) electrons. The Kier molecular flexibility index (Phi) is 24.2. The van der Waals surface area contributed by atoms with Crippen LogP contribution in [0.2, 0.25) is 0 Å². The summed E-state index contributed by atoms with van der Waals surface area (Å²) in [5.74, 6) is 0.825. The SMILES string of the molecule is O=S(=O)([O-])c1cc(SOO[O-])c2cc(Nc3nnc(Nc4ccc5c(SOO[O-])cc(SOO[O-])cc5c4)c4ccccc34)ccc2c1.[K+].[K+].[K+].[K+]. The summed E-state index contributed by atoms with van der Waals surface area (Å²) in [6, 6.07) is 23.3. The van der Waals surface area contributed by atoms with E-state index in [9.17, 15) is 28.7 Å². The van der Waals surface area contributed by atoms with E-state index in [1.54, 1.807) is 48.5 Å². The van der Waals surface area contributed by atoms with E-state index in [4.69, 9.17) is 0 Å². The molecule has 0 unspecified atom stereocenters. The Morgan fingerprint density at radius 2 is 1.10 bits per heavy atom. The average molecular weight is 885 g/mol. The third-order valence-electron chi connectivity index (χ3n) is 6.74. The minimum atomic E-state index is -4.79. The summed E-state index contributed by atoms with van der Waals surface area (Å²) in [7, 11) is -4.79. The van der Waals surface area contributed by atoms with Crippen molar-refractivity contribution >= 4 is 102 Å². The Bertz CT molecular complexity index is 2250. The minimum absolute atomic E-state index is 0. The molecule has 248 valence electrons. The Morgan fingerprint density at radius 3 is 1.67 bits per heavy atom. The molecule has 52 heavy (non-hydrogen) atoms. The molecule has 0 spiro atoms. The summed E-state index contributed by atoms with van der Waals surface area (Å²) in [5.41, 5.74) is 1.16. The summed E-state index contributed by atoms with van der Waals surface area (Å²) in [5, 5.41) is 60.5. The Hall–Kier alpha value is 2.71. The van der Waals surface area contributed by atoms with Crippen molar-refractivity contribution in [2.75, 3.05) is 10.6 Å². The first-order chi connectivity index (χ1) is 23.3. The van der Waals surface area contributed by atoms with E-state index < -0.39 is 15.0 Å². The molecule has 24 heteroatoms. The second kappa shape index (κ2) is 24.7. The molecule has 0 amide bonds. The van der Waals surface area contributed by atoms with Crippen molar-refractivity contribution in [3.05, 3.63) is 84.9 Å². The number of benzene rings is 5. The quantitative estimate of drug-likeness (QED) is 0.0340. The average Bonchev–Trinajstić information content (AvgIpc) is 3.09. The summed E-state index contributed by atoms with van der Waals surface area (Å²) in [4.78, 5) is 0.647. The van der Waals surface area contributed by atoms with Gasteiger partial charge in [0.1, 0.15) is 10.1 Å². The minimum Gasteiger partial charge on any atom is -0.744 e. The number of aromatic nitrogens is 2. The van der Waals surface area contributed by atoms with E-state index >= 15 is 0 Å². The number of hydrogen-bond donors (Lipinski definition) is 2. The Morgan fingerprint density at radius 1 is 0.558 bits per heavy atom. The van der Waals surface area contributed by atoms with Gasteiger partial charge in [-0.2, -0.15) is 13.0 Å². The number of rotatable bonds is 14. The normalized spacial score (nSPS) is 10.9. The molecule has 0 atom stereocenters. The van der Waals surface area contributed by atoms with E-state index in [1.165, 1.54) is 6.07 Å². The Labute approximate surface area is 478 Å². The molecule has 16 nitrogen and oxygen atoms in total. The van der Waals surface area contributed by atoms with Crippen LogP contribution in [0.3, 0.4) is 0 Å².